The number of nitrogens with one attached hydrogen (secondary N) is 1. The molecule has 0 aliphatic carbocycles. The van der Waals surface area contributed by atoms with Gasteiger partial charge in [-0.25, -0.2) is 0 Å². The normalized spacial score (nSPS) is 12.5. The molecule has 0 aromatic rings. The van der Waals surface area contributed by atoms with Gasteiger partial charge in [-0.05, 0) is 51.4 Å². The molecule has 6 heteroatoms. The van der Waals surface area contributed by atoms with Gasteiger partial charge in [0.15, 0.2) is 0 Å². The van der Waals surface area contributed by atoms with Crippen LogP contribution in [0, 0.1) is 0 Å². The van der Waals surface area contributed by atoms with Gasteiger partial charge in [0.1, 0.15) is 0 Å². The molecule has 0 aliphatic rings. The van der Waals surface area contributed by atoms with Gasteiger partial charge in [0.25, 0.3) is 0 Å². The number of hydrogen-bond acceptors (Lipinski definition) is 5. The summed E-state index contributed by atoms with van der Waals surface area (Å²) in [5.41, 5.74) is 0. The van der Waals surface area contributed by atoms with Crippen molar-refractivity contribution in [3.8, 4) is 0 Å². The average molecular weight is 1030 g/mol. The molecule has 6 nitrogen and oxygen atoms in total. The maximum absolute atomic E-state index is 12.5. The smallest absolute Gasteiger partial charge is 0.305 e. The fourth-order valence-corrected chi connectivity index (χ4v) is 10.7. The molecule has 1 amide bonds. The lowest BCUT2D eigenvalue weighted by Gasteiger charge is -2.22. The Balaban J connectivity index is 3.40. The third-order valence-corrected chi connectivity index (χ3v) is 15.8. The van der Waals surface area contributed by atoms with Crippen molar-refractivity contribution in [2.75, 3.05) is 13.2 Å². The van der Waals surface area contributed by atoms with Crippen LogP contribution in [0.25, 0.3) is 0 Å². The number of amides is 1. The Kier molecular flexibility index (Phi) is 61.9. The van der Waals surface area contributed by atoms with Crippen LogP contribution in [-0.2, 0) is 14.3 Å². The zero-order valence-electron chi connectivity index (χ0n) is 49.6. The Morgan fingerprint density at radius 1 is 0.370 bits per heavy atom. The van der Waals surface area contributed by atoms with Crippen molar-refractivity contribution in [2.45, 2.75) is 392 Å². The molecule has 0 bridgehead atoms. The molecule has 0 heterocycles. The summed E-state index contributed by atoms with van der Waals surface area (Å²) in [6.45, 7) is 4.97. The van der Waals surface area contributed by atoms with E-state index in [9.17, 15) is 19.8 Å². The summed E-state index contributed by atoms with van der Waals surface area (Å²) in [6.07, 6.45) is 76.6. The lowest BCUT2D eigenvalue weighted by Crippen LogP contribution is -2.45. The van der Waals surface area contributed by atoms with Gasteiger partial charge in [0.2, 0.25) is 5.91 Å². The van der Waals surface area contributed by atoms with Crippen LogP contribution in [0.4, 0.5) is 0 Å². The number of allylic oxidation sites excluding steroid dienone is 2. The Morgan fingerprint density at radius 2 is 0.644 bits per heavy atom. The SMILES string of the molecule is CCCCCCCC/C=C\CCCCCCCCCCCC(=O)OCCCCCCCCCCCCCCCCCC(=O)NC(CO)C(O)CCCCCCCCCCCCCCCCCCCCCCCC. The van der Waals surface area contributed by atoms with E-state index in [1.54, 1.807) is 0 Å². The van der Waals surface area contributed by atoms with Gasteiger partial charge in [0, 0.05) is 12.8 Å². The molecule has 0 aromatic carbocycles. The molecule has 0 aliphatic heterocycles. The predicted octanol–water partition coefficient (Wildman–Crippen LogP) is 21.2. The number of aliphatic hydroxyl groups excluding tert-OH is 2. The van der Waals surface area contributed by atoms with E-state index in [0.717, 1.165) is 44.9 Å². The highest BCUT2D eigenvalue weighted by Crippen LogP contribution is 2.19. The van der Waals surface area contributed by atoms with E-state index in [-0.39, 0.29) is 18.5 Å². The van der Waals surface area contributed by atoms with Crippen molar-refractivity contribution in [1.29, 1.82) is 0 Å². The fraction of sp³-hybridized carbons (Fsp3) is 0.940. The van der Waals surface area contributed by atoms with Gasteiger partial charge >= 0.3 is 5.97 Å². The number of unbranched alkanes of at least 4 members (excludes halogenated alkanes) is 50. The van der Waals surface area contributed by atoms with Crippen LogP contribution < -0.4 is 5.32 Å². The van der Waals surface area contributed by atoms with Crippen molar-refractivity contribution in [3.63, 3.8) is 0 Å². The average Bonchev–Trinajstić information content (AvgIpc) is 3.39. The second-order valence-corrected chi connectivity index (χ2v) is 23.2. The van der Waals surface area contributed by atoms with E-state index in [2.05, 4.69) is 31.3 Å². The molecular formula is C67H131NO5. The quantitative estimate of drug-likeness (QED) is 0.0320. The van der Waals surface area contributed by atoms with Gasteiger partial charge in [-0.3, -0.25) is 9.59 Å². The summed E-state index contributed by atoms with van der Waals surface area (Å²) >= 11 is 0. The highest BCUT2D eigenvalue weighted by atomic mass is 16.5. The Morgan fingerprint density at radius 3 is 0.973 bits per heavy atom. The first kappa shape index (κ1) is 71.6. The number of carbonyl (C=O) groups is 2. The Bertz CT molecular complexity index is 1100. The van der Waals surface area contributed by atoms with Crippen molar-refractivity contribution in [2.24, 2.45) is 0 Å². The molecule has 73 heavy (non-hydrogen) atoms. The van der Waals surface area contributed by atoms with E-state index in [0.29, 0.717) is 25.9 Å². The molecule has 434 valence electrons. The van der Waals surface area contributed by atoms with Gasteiger partial charge < -0.3 is 20.3 Å². The minimum atomic E-state index is -0.671. The van der Waals surface area contributed by atoms with E-state index in [4.69, 9.17) is 4.74 Å². The molecule has 0 rings (SSSR count). The summed E-state index contributed by atoms with van der Waals surface area (Å²) in [6, 6.07) is -0.549. The number of rotatable bonds is 63. The van der Waals surface area contributed by atoms with Crippen LogP contribution in [0.5, 0.6) is 0 Å². The van der Waals surface area contributed by atoms with Crippen LogP contribution in [0.3, 0.4) is 0 Å². The molecule has 0 saturated heterocycles. The molecule has 0 saturated carbocycles. The lowest BCUT2D eigenvalue weighted by atomic mass is 10.0. The number of esters is 1. The van der Waals surface area contributed by atoms with Crippen LogP contribution in [-0.4, -0.2) is 47.4 Å². The summed E-state index contributed by atoms with van der Waals surface area (Å²) < 4.78 is 5.50. The van der Waals surface area contributed by atoms with Gasteiger partial charge in [-0.2, -0.15) is 0 Å². The zero-order valence-corrected chi connectivity index (χ0v) is 49.6. The fourth-order valence-electron chi connectivity index (χ4n) is 10.7. The van der Waals surface area contributed by atoms with Crippen LogP contribution in [0.2, 0.25) is 0 Å². The number of aliphatic hydroxyl groups is 2. The van der Waals surface area contributed by atoms with Crippen LogP contribution in [0.15, 0.2) is 12.2 Å². The standard InChI is InChI=1S/C67H131NO5/c1-3-5-7-9-11-13-15-17-19-21-23-24-25-27-28-31-35-39-43-47-51-55-59-65(70)64(63-69)68-66(71)60-56-52-48-44-40-36-32-30-34-38-42-46-50-54-58-62-73-67(72)61-57-53-49-45-41-37-33-29-26-22-20-18-16-14-12-10-8-6-4-2/h18,20,64-65,69-70H,3-17,19,21-63H2,1-2H3,(H,68,71)/b20-18-. The highest BCUT2D eigenvalue weighted by Gasteiger charge is 2.20. The third-order valence-electron chi connectivity index (χ3n) is 15.8. The molecule has 0 fully saturated rings. The summed E-state index contributed by atoms with van der Waals surface area (Å²) in [5.74, 6) is -0.0370. The van der Waals surface area contributed by atoms with Crippen molar-refractivity contribution < 1.29 is 24.5 Å². The molecule has 0 spiro atoms. The molecule has 2 atom stereocenters. The molecular weight excluding hydrogens is 899 g/mol. The Hall–Kier alpha value is -1.40. The van der Waals surface area contributed by atoms with Crippen LogP contribution >= 0.6 is 0 Å². The van der Waals surface area contributed by atoms with E-state index in [1.165, 1.54) is 302 Å². The number of carbonyl (C=O) groups excluding carboxylic acids is 2. The lowest BCUT2D eigenvalue weighted by molar-refractivity contribution is -0.143. The first-order valence-electron chi connectivity index (χ1n) is 33.4. The maximum Gasteiger partial charge on any atom is 0.305 e. The Labute approximate surface area is 457 Å². The number of ether oxygens (including phenoxy) is 1. The van der Waals surface area contributed by atoms with E-state index >= 15 is 0 Å². The molecule has 0 radical (unpaired) electrons. The van der Waals surface area contributed by atoms with Gasteiger partial charge in [-0.1, -0.05) is 328 Å². The summed E-state index contributed by atoms with van der Waals surface area (Å²) in [5, 5.41) is 23.4. The van der Waals surface area contributed by atoms with Crippen LogP contribution in [0.1, 0.15) is 380 Å². The first-order valence-corrected chi connectivity index (χ1v) is 33.4. The molecule has 0 aromatic heterocycles. The summed E-state index contributed by atoms with van der Waals surface area (Å²) in [7, 11) is 0. The predicted molar refractivity (Wildman–Crippen MR) is 320 cm³/mol. The first-order chi connectivity index (χ1) is 36.0. The third kappa shape index (κ3) is 59.7. The minimum Gasteiger partial charge on any atom is -0.466 e. The maximum atomic E-state index is 12.5. The second kappa shape index (κ2) is 63.1. The van der Waals surface area contributed by atoms with Crippen molar-refractivity contribution >= 4 is 11.9 Å². The van der Waals surface area contributed by atoms with E-state index < -0.39 is 12.1 Å². The zero-order chi connectivity index (χ0) is 52.9. The van der Waals surface area contributed by atoms with Crippen molar-refractivity contribution in [1.82, 2.24) is 5.32 Å². The second-order valence-electron chi connectivity index (χ2n) is 23.2. The van der Waals surface area contributed by atoms with E-state index in [1.807, 2.05) is 0 Å². The summed E-state index contributed by atoms with van der Waals surface area (Å²) in [4.78, 5) is 24.6. The van der Waals surface area contributed by atoms with Gasteiger partial charge in [-0.15, -0.1) is 0 Å². The largest absolute Gasteiger partial charge is 0.466 e. The monoisotopic (exact) mass is 1030 g/mol. The minimum absolute atomic E-state index is 0.00178. The molecule has 3 N–H and O–H groups in total. The topological polar surface area (TPSA) is 95.9 Å². The number of hydrogen-bond donors (Lipinski definition) is 3. The molecule has 2 unspecified atom stereocenters. The van der Waals surface area contributed by atoms with Gasteiger partial charge in [0.05, 0.1) is 25.4 Å². The van der Waals surface area contributed by atoms with Crippen molar-refractivity contribution in [3.05, 3.63) is 12.2 Å². The highest BCUT2D eigenvalue weighted by molar-refractivity contribution is 5.76.